The van der Waals surface area contributed by atoms with E-state index in [9.17, 15) is 14.0 Å². The SMILES string of the molecule is COc1cc(C(=O)CCC2(c3cc4c(c(-c5ccc(F)c(Cl)c5)n3)OCC4(C)C)CO2)ccc1OC1CCNC1=O. The van der Waals surface area contributed by atoms with Crippen molar-refractivity contribution in [3.8, 4) is 28.5 Å². The number of ether oxygens (including phenoxy) is 4. The van der Waals surface area contributed by atoms with Crippen molar-refractivity contribution in [3.05, 3.63) is 70.1 Å². The van der Waals surface area contributed by atoms with Gasteiger partial charge in [-0.1, -0.05) is 25.4 Å². The topological polar surface area (TPSA) is 99.3 Å². The summed E-state index contributed by atoms with van der Waals surface area (Å²) < 4.78 is 37.2. The molecule has 2 unspecified atom stereocenters. The van der Waals surface area contributed by atoms with Crippen LogP contribution in [-0.2, 0) is 20.5 Å². The first kappa shape index (κ1) is 27.5. The van der Waals surface area contributed by atoms with Crippen molar-refractivity contribution in [1.82, 2.24) is 10.3 Å². The second-order valence-electron chi connectivity index (χ2n) is 11.3. The minimum Gasteiger partial charge on any atom is -0.493 e. The molecule has 6 rings (SSSR count). The lowest BCUT2D eigenvalue weighted by molar-refractivity contribution is -0.124. The number of fused-ring (bicyclic) bond motifs is 1. The molecule has 2 aromatic carbocycles. The van der Waals surface area contributed by atoms with E-state index in [0.717, 1.165) is 5.56 Å². The van der Waals surface area contributed by atoms with Crippen LogP contribution in [0.4, 0.5) is 4.39 Å². The molecule has 3 aliphatic heterocycles. The Balaban J connectivity index is 1.24. The summed E-state index contributed by atoms with van der Waals surface area (Å²) in [5, 5.41) is 2.74. The number of Topliss-reactive ketones (excluding diaryl/α,β-unsaturated/α-hetero) is 1. The van der Waals surface area contributed by atoms with Crippen LogP contribution in [0.25, 0.3) is 11.3 Å². The number of rotatable bonds is 9. The van der Waals surface area contributed by atoms with Crippen LogP contribution in [0.2, 0.25) is 5.02 Å². The molecule has 0 aliphatic carbocycles. The van der Waals surface area contributed by atoms with Gasteiger partial charge in [0.1, 0.15) is 22.9 Å². The van der Waals surface area contributed by atoms with Crippen LogP contribution in [0.5, 0.6) is 17.2 Å². The standard InChI is InChI=1S/C31H30ClFN2O6/c1-30(2)15-39-28-19(30)14-26(35-27(28)18-4-6-21(33)20(32)12-18)31(16-40-31)10-8-22(36)17-5-7-23(25(13-17)38-3)41-24-9-11-34-29(24)37/h4-7,12-14,24H,8-11,15-16H2,1-3H3,(H,34,37). The van der Waals surface area contributed by atoms with E-state index in [2.05, 4.69) is 19.2 Å². The average Bonchev–Trinajstić information content (AvgIpc) is 3.56. The van der Waals surface area contributed by atoms with Crippen molar-refractivity contribution in [2.45, 2.75) is 50.2 Å². The summed E-state index contributed by atoms with van der Waals surface area (Å²) in [6, 6.07) is 11.5. The smallest absolute Gasteiger partial charge is 0.261 e. The quantitative estimate of drug-likeness (QED) is 0.268. The Morgan fingerprint density at radius 3 is 2.66 bits per heavy atom. The third kappa shape index (κ3) is 5.13. The Bertz CT molecular complexity index is 1550. The summed E-state index contributed by atoms with van der Waals surface area (Å²) >= 11 is 6.10. The van der Waals surface area contributed by atoms with Crippen LogP contribution in [-0.4, -0.2) is 49.6 Å². The van der Waals surface area contributed by atoms with E-state index >= 15 is 0 Å². The molecule has 214 valence electrons. The lowest BCUT2D eigenvalue weighted by atomic mass is 9.84. The fraction of sp³-hybridized carbons (Fsp3) is 0.387. The van der Waals surface area contributed by atoms with Crippen LogP contribution in [0.3, 0.4) is 0 Å². The number of epoxide rings is 1. The first-order valence-corrected chi connectivity index (χ1v) is 13.9. The zero-order valence-corrected chi connectivity index (χ0v) is 23.8. The van der Waals surface area contributed by atoms with Crippen molar-refractivity contribution in [3.63, 3.8) is 0 Å². The molecule has 2 fully saturated rings. The highest BCUT2D eigenvalue weighted by molar-refractivity contribution is 6.31. The minimum atomic E-state index is -0.717. The molecule has 0 radical (unpaired) electrons. The lowest BCUT2D eigenvalue weighted by Gasteiger charge is -2.19. The predicted molar refractivity (Wildman–Crippen MR) is 149 cm³/mol. The molecule has 8 nitrogen and oxygen atoms in total. The number of benzene rings is 2. The number of halogens is 2. The molecule has 41 heavy (non-hydrogen) atoms. The van der Waals surface area contributed by atoms with Crippen molar-refractivity contribution in [2.75, 3.05) is 26.9 Å². The van der Waals surface area contributed by atoms with Gasteiger partial charge in [0, 0.05) is 41.5 Å². The summed E-state index contributed by atoms with van der Waals surface area (Å²) in [4.78, 5) is 30.1. The van der Waals surface area contributed by atoms with Gasteiger partial charge in [0.2, 0.25) is 0 Å². The molecule has 4 heterocycles. The van der Waals surface area contributed by atoms with Gasteiger partial charge < -0.3 is 24.3 Å². The monoisotopic (exact) mass is 580 g/mol. The lowest BCUT2D eigenvalue weighted by Crippen LogP contribution is -2.27. The third-order valence-corrected chi connectivity index (χ3v) is 8.23. The van der Waals surface area contributed by atoms with E-state index in [1.165, 1.54) is 13.2 Å². The maximum atomic E-state index is 13.9. The van der Waals surface area contributed by atoms with Crippen LogP contribution in [0.15, 0.2) is 42.5 Å². The van der Waals surface area contributed by atoms with Gasteiger partial charge in [-0.2, -0.15) is 0 Å². The number of aromatic nitrogens is 1. The number of carbonyl (C=O) groups excluding carboxylic acids is 2. The fourth-order valence-corrected chi connectivity index (χ4v) is 5.51. The molecule has 2 atom stereocenters. The van der Waals surface area contributed by atoms with Gasteiger partial charge in [0.05, 0.1) is 31.0 Å². The van der Waals surface area contributed by atoms with Gasteiger partial charge in [-0.3, -0.25) is 9.59 Å². The van der Waals surface area contributed by atoms with Gasteiger partial charge in [-0.15, -0.1) is 0 Å². The summed E-state index contributed by atoms with van der Waals surface area (Å²) in [6.07, 6.45) is 0.625. The highest BCUT2D eigenvalue weighted by Gasteiger charge is 2.49. The van der Waals surface area contributed by atoms with Crippen LogP contribution in [0.1, 0.15) is 54.7 Å². The highest BCUT2D eigenvalue weighted by atomic mass is 35.5. The van der Waals surface area contributed by atoms with Gasteiger partial charge in [-0.05, 0) is 48.9 Å². The van der Waals surface area contributed by atoms with Crippen molar-refractivity contribution in [2.24, 2.45) is 0 Å². The Kier molecular flexibility index (Phi) is 6.90. The molecule has 0 bridgehead atoms. The Labute approximate surface area is 242 Å². The number of hydrogen-bond acceptors (Lipinski definition) is 7. The van der Waals surface area contributed by atoms with Gasteiger partial charge in [-0.25, -0.2) is 9.37 Å². The van der Waals surface area contributed by atoms with Crippen molar-refractivity contribution >= 4 is 23.3 Å². The van der Waals surface area contributed by atoms with Crippen LogP contribution < -0.4 is 19.5 Å². The van der Waals surface area contributed by atoms with E-state index in [1.54, 1.807) is 30.3 Å². The van der Waals surface area contributed by atoms with Gasteiger partial charge in [0.15, 0.2) is 23.4 Å². The number of ketones is 1. The van der Waals surface area contributed by atoms with E-state index < -0.39 is 17.5 Å². The van der Waals surface area contributed by atoms with Crippen molar-refractivity contribution in [1.29, 1.82) is 0 Å². The number of pyridine rings is 1. The largest absolute Gasteiger partial charge is 0.493 e. The third-order valence-electron chi connectivity index (χ3n) is 7.94. The molecule has 0 spiro atoms. The van der Waals surface area contributed by atoms with E-state index in [-0.39, 0.29) is 28.5 Å². The second kappa shape index (κ2) is 10.3. The summed E-state index contributed by atoms with van der Waals surface area (Å²) in [5.41, 5.74) is 2.39. The number of carbonyl (C=O) groups is 2. The van der Waals surface area contributed by atoms with Crippen molar-refractivity contribution < 1.29 is 32.9 Å². The summed E-state index contributed by atoms with van der Waals surface area (Å²) in [7, 11) is 1.49. The molecule has 1 aromatic heterocycles. The molecule has 2 saturated heterocycles. The zero-order chi connectivity index (χ0) is 28.9. The Morgan fingerprint density at radius 1 is 1.17 bits per heavy atom. The molecule has 1 N–H and O–H groups in total. The molecule has 1 amide bonds. The number of nitrogens with one attached hydrogen (secondary N) is 1. The molecule has 0 saturated carbocycles. The maximum Gasteiger partial charge on any atom is 0.261 e. The van der Waals surface area contributed by atoms with E-state index in [4.69, 9.17) is 35.5 Å². The predicted octanol–water partition coefficient (Wildman–Crippen LogP) is 5.38. The Morgan fingerprint density at radius 2 is 1.98 bits per heavy atom. The maximum absolute atomic E-state index is 13.9. The molecule has 3 aromatic rings. The highest BCUT2D eigenvalue weighted by Crippen LogP contribution is 2.49. The molecule has 10 heteroatoms. The summed E-state index contributed by atoms with van der Waals surface area (Å²) in [6.45, 7) is 5.65. The fourth-order valence-electron chi connectivity index (χ4n) is 5.33. The number of methoxy groups -OCH3 is 1. The van der Waals surface area contributed by atoms with E-state index in [1.807, 2.05) is 6.07 Å². The number of amides is 1. The number of nitrogens with zero attached hydrogens (tertiary/aromatic N) is 1. The summed E-state index contributed by atoms with van der Waals surface area (Å²) in [5.74, 6) is 0.691. The molecule has 3 aliphatic rings. The Hall–Kier alpha value is -3.69. The second-order valence-corrected chi connectivity index (χ2v) is 11.7. The van der Waals surface area contributed by atoms with E-state index in [0.29, 0.717) is 72.4 Å². The van der Waals surface area contributed by atoms with Gasteiger partial charge in [0.25, 0.3) is 5.91 Å². The average molecular weight is 581 g/mol. The van der Waals surface area contributed by atoms with Crippen LogP contribution in [0, 0.1) is 5.82 Å². The zero-order valence-electron chi connectivity index (χ0n) is 23.0. The minimum absolute atomic E-state index is 0.00190. The normalized spacial score (nSPS) is 22.1. The first-order valence-electron chi connectivity index (χ1n) is 13.5. The number of hydrogen-bond donors (Lipinski definition) is 1. The van der Waals surface area contributed by atoms with Crippen LogP contribution >= 0.6 is 11.6 Å². The molecular weight excluding hydrogens is 551 g/mol. The van der Waals surface area contributed by atoms with Gasteiger partial charge >= 0.3 is 0 Å². The molecular formula is C31H30ClFN2O6. The first-order chi connectivity index (χ1) is 19.6.